The number of nitrogens with one attached hydrogen (secondary N) is 1. The van der Waals surface area contributed by atoms with E-state index in [4.69, 9.17) is 10.6 Å². The van der Waals surface area contributed by atoms with Crippen LogP contribution in [0, 0.1) is 12.7 Å². The summed E-state index contributed by atoms with van der Waals surface area (Å²) in [6.07, 6.45) is 0. The lowest BCUT2D eigenvalue weighted by molar-refractivity contribution is -0.115. The number of nitrogens with two attached hydrogens (primary N) is 1. The first kappa shape index (κ1) is 19.7. The van der Waals surface area contributed by atoms with Crippen molar-refractivity contribution in [2.45, 2.75) is 24.3 Å². The maximum Gasteiger partial charge on any atom is 0.237 e. The maximum atomic E-state index is 14.0. The second kappa shape index (κ2) is 8.30. The lowest BCUT2D eigenvalue weighted by Crippen LogP contribution is -2.24. The number of nitrogens with zero attached hydrogens (tertiary/aromatic N) is 3. The largest absolute Gasteiger partial charge is 0.495 e. The molecule has 1 amide bonds. The highest BCUT2D eigenvalue weighted by Gasteiger charge is 2.22. The maximum absolute atomic E-state index is 14.0. The Morgan fingerprint density at radius 3 is 2.75 bits per heavy atom. The highest BCUT2D eigenvalue weighted by Crippen LogP contribution is 2.29. The number of thioether (sulfide) groups is 1. The van der Waals surface area contributed by atoms with Gasteiger partial charge in [-0.25, -0.2) is 9.07 Å². The minimum Gasteiger partial charge on any atom is -0.495 e. The van der Waals surface area contributed by atoms with E-state index in [2.05, 4.69) is 15.5 Å². The molecule has 0 saturated carbocycles. The van der Waals surface area contributed by atoms with Gasteiger partial charge in [0.15, 0.2) is 5.82 Å². The second-order valence-electron chi connectivity index (χ2n) is 6.11. The van der Waals surface area contributed by atoms with Crippen LogP contribution in [0.2, 0.25) is 0 Å². The van der Waals surface area contributed by atoms with E-state index < -0.39 is 11.1 Å². The molecule has 0 spiro atoms. The van der Waals surface area contributed by atoms with Crippen LogP contribution in [-0.4, -0.2) is 33.1 Å². The van der Waals surface area contributed by atoms with Crippen LogP contribution >= 0.6 is 11.8 Å². The van der Waals surface area contributed by atoms with Crippen LogP contribution in [-0.2, 0) is 4.79 Å². The zero-order valence-electron chi connectivity index (χ0n) is 15.6. The quantitative estimate of drug-likeness (QED) is 0.486. The molecule has 0 bridgehead atoms. The Kier molecular flexibility index (Phi) is 5.84. The van der Waals surface area contributed by atoms with Gasteiger partial charge in [-0.1, -0.05) is 30.0 Å². The standard InChI is InChI=1S/C19H20FN5O2S/c1-11-8-9-16(27-3)15(10-11)22-18(26)12(2)28-19-24-23-17(25(19)21)13-6-4-5-7-14(13)20/h4-10,12H,21H2,1-3H3,(H,22,26)/t12-/m1/s1. The van der Waals surface area contributed by atoms with Crippen molar-refractivity contribution in [2.75, 3.05) is 18.3 Å². The number of methoxy groups -OCH3 is 1. The van der Waals surface area contributed by atoms with Crippen LogP contribution in [0.15, 0.2) is 47.6 Å². The smallest absolute Gasteiger partial charge is 0.237 e. The SMILES string of the molecule is COc1ccc(C)cc1NC(=O)[C@@H](C)Sc1nnc(-c2ccccc2F)n1N. The van der Waals surface area contributed by atoms with Crippen LogP contribution in [0.4, 0.5) is 10.1 Å². The molecule has 0 unspecified atom stereocenters. The lowest BCUT2D eigenvalue weighted by Gasteiger charge is -2.14. The van der Waals surface area contributed by atoms with Crippen LogP contribution in [0.3, 0.4) is 0 Å². The van der Waals surface area contributed by atoms with Gasteiger partial charge in [-0.05, 0) is 43.7 Å². The van der Waals surface area contributed by atoms with Crippen LogP contribution in [0.5, 0.6) is 5.75 Å². The van der Waals surface area contributed by atoms with Gasteiger partial charge in [0.25, 0.3) is 0 Å². The summed E-state index contributed by atoms with van der Waals surface area (Å²) in [5, 5.41) is 10.6. The fourth-order valence-corrected chi connectivity index (χ4v) is 3.32. The number of carbonyl (C=O) groups excluding carboxylic acids is 1. The van der Waals surface area contributed by atoms with E-state index in [0.717, 1.165) is 17.3 Å². The second-order valence-corrected chi connectivity index (χ2v) is 7.42. The first-order chi connectivity index (χ1) is 13.4. The number of aryl methyl sites for hydroxylation is 1. The number of nitrogen functional groups attached to an aromatic ring is 1. The lowest BCUT2D eigenvalue weighted by atomic mass is 10.2. The molecule has 0 aliphatic heterocycles. The Bertz CT molecular complexity index is 1010. The molecule has 3 aromatic rings. The summed E-state index contributed by atoms with van der Waals surface area (Å²) in [5.41, 5.74) is 1.82. The summed E-state index contributed by atoms with van der Waals surface area (Å²) in [5.74, 6) is 6.09. The average molecular weight is 401 g/mol. The molecular weight excluding hydrogens is 381 g/mol. The van der Waals surface area contributed by atoms with Gasteiger partial charge in [0.1, 0.15) is 11.6 Å². The number of hydrogen-bond acceptors (Lipinski definition) is 6. The molecule has 1 aromatic heterocycles. The van der Waals surface area contributed by atoms with Gasteiger partial charge in [-0.2, -0.15) is 0 Å². The number of ether oxygens (including phenoxy) is 1. The van der Waals surface area contributed by atoms with E-state index in [9.17, 15) is 9.18 Å². The number of amides is 1. The predicted molar refractivity (Wildman–Crippen MR) is 107 cm³/mol. The Balaban J connectivity index is 1.75. The third-order valence-corrected chi connectivity index (χ3v) is 5.10. The molecule has 9 heteroatoms. The normalized spacial score (nSPS) is 11.9. The molecule has 2 aromatic carbocycles. The molecule has 146 valence electrons. The van der Waals surface area contributed by atoms with Crippen molar-refractivity contribution in [3.63, 3.8) is 0 Å². The minimum absolute atomic E-state index is 0.188. The summed E-state index contributed by atoms with van der Waals surface area (Å²) in [6.45, 7) is 3.65. The van der Waals surface area contributed by atoms with Gasteiger partial charge in [0.05, 0.1) is 23.6 Å². The number of rotatable bonds is 6. The van der Waals surface area contributed by atoms with Gasteiger partial charge in [-0.3, -0.25) is 4.79 Å². The summed E-state index contributed by atoms with van der Waals surface area (Å²) in [4.78, 5) is 12.6. The van der Waals surface area contributed by atoms with Crippen molar-refractivity contribution in [3.8, 4) is 17.1 Å². The molecule has 0 fully saturated rings. The highest BCUT2D eigenvalue weighted by atomic mass is 32.2. The van der Waals surface area contributed by atoms with Gasteiger partial charge in [-0.15, -0.1) is 10.2 Å². The minimum atomic E-state index is -0.523. The zero-order valence-corrected chi connectivity index (χ0v) is 16.5. The van der Waals surface area contributed by atoms with E-state index in [1.54, 1.807) is 38.3 Å². The molecule has 0 aliphatic rings. The number of halogens is 1. The van der Waals surface area contributed by atoms with Crippen molar-refractivity contribution in [1.82, 2.24) is 14.9 Å². The molecule has 3 rings (SSSR count). The monoisotopic (exact) mass is 401 g/mol. The fourth-order valence-electron chi connectivity index (χ4n) is 2.55. The third-order valence-electron chi connectivity index (χ3n) is 4.04. The molecule has 0 saturated heterocycles. The van der Waals surface area contributed by atoms with Crippen molar-refractivity contribution in [2.24, 2.45) is 0 Å². The van der Waals surface area contributed by atoms with Crippen molar-refractivity contribution in [3.05, 3.63) is 53.8 Å². The average Bonchev–Trinajstić information content (AvgIpc) is 3.02. The number of anilines is 1. The summed E-state index contributed by atoms with van der Waals surface area (Å²) in [7, 11) is 1.54. The Hall–Kier alpha value is -3.07. The van der Waals surface area contributed by atoms with E-state index in [1.165, 1.54) is 10.7 Å². The molecule has 28 heavy (non-hydrogen) atoms. The summed E-state index contributed by atoms with van der Waals surface area (Å²) >= 11 is 1.13. The van der Waals surface area contributed by atoms with E-state index in [1.807, 2.05) is 19.1 Å². The molecule has 0 radical (unpaired) electrons. The van der Waals surface area contributed by atoms with E-state index >= 15 is 0 Å². The highest BCUT2D eigenvalue weighted by molar-refractivity contribution is 8.00. The fraction of sp³-hybridized carbons (Fsp3) is 0.211. The molecule has 3 N–H and O–H groups in total. The number of carbonyl (C=O) groups is 1. The van der Waals surface area contributed by atoms with Crippen LogP contribution in [0.25, 0.3) is 11.4 Å². The van der Waals surface area contributed by atoms with Gasteiger partial charge in [0.2, 0.25) is 11.1 Å². The Morgan fingerprint density at radius 1 is 1.29 bits per heavy atom. The molecule has 1 heterocycles. The molecule has 0 aliphatic carbocycles. The first-order valence-electron chi connectivity index (χ1n) is 8.48. The number of benzene rings is 2. The third kappa shape index (κ3) is 4.09. The van der Waals surface area contributed by atoms with E-state index in [0.29, 0.717) is 16.6 Å². The van der Waals surface area contributed by atoms with Crippen molar-refractivity contribution < 1.29 is 13.9 Å². The molecular formula is C19H20FN5O2S. The Morgan fingerprint density at radius 2 is 2.04 bits per heavy atom. The van der Waals surface area contributed by atoms with Gasteiger partial charge < -0.3 is 15.9 Å². The van der Waals surface area contributed by atoms with Crippen molar-refractivity contribution in [1.29, 1.82) is 0 Å². The first-order valence-corrected chi connectivity index (χ1v) is 9.36. The van der Waals surface area contributed by atoms with Gasteiger partial charge in [0, 0.05) is 0 Å². The van der Waals surface area contributed by atoms with Gasteiger partial charge >= 0.3 is 0 Å². The molecule has 7 nitrogen and oxygen atoms in total. The molecule has 1 atom stereocenters. The topological polar surface area (TPSA) is 95.1 Å². The van der Waals surface area contributed by atoms with Crippen LogP contribution in [0.1, 0.15) is 12.5 Å². The zero-order chi connectivity index (χ0) is 20.3. The Labute approximate surface area is 166 Å². The van der Waals surface area contributed by atoms with E-state index in [-0.39, 0.29) is 17.3 Å². The number of hydrogen-bond donors (Lipinski definition) is 2. The number of aromatic nitrogens is 3. The van der Waals surface area contributed by atoms with Crippen molar-refractivity contribution >= 4 is 23.4 Å². The predicted octanol–water partition coefficient (Wildman–Crippen LogP) is 3.23. The van der Waals surface area contributed by atoms with Crippen LogP contribution < -0.4 is 15.9 Å². The summed E-state index contributed by atoms with van der Waals surface area (Å²) < 4.78 is 20.4. The summed E-state index contributed by atoms with van der Waals surface area (Å²) in [6, 6.07) is 11.7.